The first-order chi connectivity index (χ1) is 10.1. The Balaban J connectivity index is 2.17. The van der Waals surface area contributed by atoms with Gasteiger partial charge in [0.1, 0.15) is 5.82 Å². The second kappa shape index (κ2) is 6.38. The van der Waals surface area contributed by atoms with Gasteiger partial charge in [0, 0.05) is 5.38 Å². The molecule has 1 aromatic carbocycles. The van der Waals surface area contributed by atoms with Gasteiger partial charge < -0.3 is 11.1 Å². The predicted octanol–water partition coefficient (Wildman–Crippen LogP) is 1.93. The van der Waals surface area contributed by atoms with Crippen LogP contribution in [0.3, 0.4) is 0 Å². The number of rotatable bonds is 3. The second-order valence-corrected chi connectivity index (χ2v) is 4.79. The van der Waals surface area contributed by atoms with Crippen molar-refractivity contribution in [1.29, 1.82) is 5.26 Å². The van der Waals surface area contributed by atoms with Crippen molar-refractivity contribution in [3.8, 4) is 18.4 Å². The lowest BCUT2D eigenvalue weighted by atomic mass is 10.1. The lowest BCUT2D eigenvalue weighted by molar-refractivity contribution is -0.112. The monoisotopic (exact) mass is 294 g/mol. The fourth-order valence-corrected chi connectivity index (χ4v) is 2.10. The molecule has 1 heterocycles. The van der Waals surface area contributed by atoms with Crippen LogP contribution in [0.5, 0.6) is 0 Å². The summed E-state index contributed by atoms with van der Waals surface area (Å²) in [5, 5.41) is 13.6. The van der Waals surface area contributed by atoms with Crippen LogP contribution < -0.4 is 11.1 Å². The van der Waals surface area contributed by atoms with Gasteiger partial charge in [-0.3, -0.25) is 4.79 Å². The molecule has 0 aliphatic heterocycles. The highest BCUT2D eigenvalue weighted by Gasteiger charge is 2.09. The van der Waals surface area contributed by atoms with Gasteiger partial charge in [0.2, 0.25) is 0 Å². The zero-order valence-corrected chi connectivity index (χ0v) is 11.6. The summed E-state index contributed by atoms with van der Waals surface area (Å²) in [6.07, 6.45) is 6.65. The number of carbonyl (C=O) groups excluding carboxylic acids is 1. The number of carbonyl (C=O) groups is 1. The minimum Gasteiger partial charge on any atom is -0.394 e. The van der Waals surface area contributed by atoms with Crippen molar-refractivity contribution in [3.05, 3.63) is 51.5 Å². The number of aromatic nitrogens is 1. The van der Waals surface area contributed by atoms with Crippen LogP contribution in [0.1, 0.15) is 16.1 Å². The molecule has 6 heteroatoms. The Kier molecular flexibility index (Phi) is 4.35. The van der Waals surface area contributed by atoms with E-state index in [0.717, 1.165) is 0 Å². The summed E-state index contributed by atoms with van der Waals surface area (Å²) in [6.45, 7) is 0. The summed E-state index contributed by atoms with van der Waals surface area (Å²) in [6, 6.07) is 8.89. The third-order valence-corrected chi connectivity index (χ3v) is 3.30. The van der Waals surface area contributed by atoms with Gasteiger partial charge in [-0.05, 0) is 23.6 Å². The van der Waals surface area contributed by atoms with Gasteiger partial charge in [0.05, 0.1) is 17.3 Å². The first kappa shape index (κ1) is 14.3. The Bertz CT molecular complexity index is 792. The van der Waals surface area contributed by atoms with Crippen LogP contribution in [0.4, 0.5) is 5.82 Å². The largest absolute Gasteiger partial charge is 0.394 e. The zero-order valence-electron chi connectivity index (χ0n) is 10.8. The van der Waals surface area contributed by atoms with Crippen LogP contribution in [-0.4, -0.2) is 10.9 Å². The van der Waals surface area contributed by atoms with E-state index in [4.69, 9.17) is 17.4 Å². The van der Waals surface area contributed by atoms with E-state index in [9.17, 15) is 4.79 Å². The Labute approximate surface area is 125 Å². The summed E-state index contributed by atoms with van der Waals surface area (Å²) in [4.78, 5) is 15.9. The molecule has 0 spiro atoms. The Morgan fingerprint density at radius 2 is 2.24 bits per heavy atom. The van der Waals surface area contributed by atoms with Gasteiger partial charge in [-0.1, -0.05) is 18.2 Å². The number of anilines is 1. The Hall–Kier alpha value is -3.09. The number of benzene rings is 1. The molecule has 1 aromatic heterocycles. The fraction of sp³-hybridized carbons (Fsp3) is 0. The Morgan fingerprint density at radius 3 is 2.90 bits per heavy atom. The van der Waals surface area contributed by atoms with Gasteiger partial charge in [0.15, 0.2) is 5.01 Å². The Morgan fingerprint density at radius 1 is 1.48 bits per heavy atom. The molecule has 0 bridgehead atoms. The molecule has 5 nitrogen and oxygen atoms in total. The highest BCUT2D eigenvalue weighted by Crippen LogP contribution is 2.14. The summed E-state index contributed by atoms with van der Waals surface area (Å²) >= 11 is 1.25. The van der Waals surface area contributed by atoms with Gasteiger partial charge in [-0.15, -0.1) is 17.8 Å². The van der Waals surface area contributed by atoms with Gasteiger partial charge >= 0.3 is 0 Å². The molecule has 0 saturated carbocycles. The topological polar surface area (TPSA) is 91.8 Å². The van der Waals surface area contributed by atoms with E-state index in [0.29, 0.717) is 22.0 Å². The number of amides is 1. The molecule has 2 aromatic rings. The van der Waals surface area contributed by atoms with Crippen LogP contribution in [0.25, 0.3) is 6.08 Å². The molecule has 102 valence electrons. The number of hydrogen-bond donors (Lipinski definition) is 2. The molecule has 3 N–H and O–H groups in total. The summed E-state index contributed by atoms with van der Waals surface area (Å²) in [5.41, 5.74) is 6.73. The van der Waals surface area contributed by atoms with Crippen molar-refractivity contribution >= 4 is 29.1 Å². The highest BCUT2D eigenvalue weighted by atomic mass is 32.1. The van der Waals surface area contributed by atoms with Crippen molar-refractivity contribution in [1.82, 2.24) is 4.98 Å². The van der Waals surface area contributed by atoms with Crippen LogP contribution in [0.15, 0.2) is 35.3 Å². The molecule has 0 unspecified atom stereocenters. The molecular formula is C15H10N4OS. The second-order valence-electron chi connectivity index (χ2n) is 3.94. The van der Waals surface area contributed by atoms with E-state index in [-0.39, 0.29) is 5.70 Å². The van der Waals surface area contributed by atoms with Crippen molar-refractivity contribution in [2.45, 2.75) is 0 Å². The smallest absolute Gasteiger partial charge is 0.272 e. The van der Waals surface area contributed by atoms with Gasteiger partial charge in [-0.2, -0.15) is 5.26 Å². The molecule has 0 aliphatic rings. The molecule has 2 rings (SSSR count). The molecule has 1 amide bonds. The normalized spacial score (nSPS) is 10.5. The summed E-state index contributed by atoms with van der Waals surface area (Å²) in [7, 11) is 0. The summed E-state index contributed by atoms with van der Waals surface area (Å²) in [5.74, 6) is 2.23. The molecule has 0 fully saturated rings. The van der Waals surface area contributed by atoms with E-state index >= 15 is 0 Å². The van der Waals surface area contributed by atoms with E-state index in [2.05, 4.69) is 16.2 Å². The molecule has 21 heavy (non-hydrogen) atoms. The van der Waals surface area contributed by atoms with Crippen molar-refractivity contribution < 1.29 is 4.79 Å². The summed E-state index contributed by atoms with van der Waals surface area (Å²) < 4.78 is 0. The van der Waals surface area contributed by atoms with Crippen molar-refractivity contribution in [3.63, 3.8) is 0 Å². The van der Waals surface area contributed by atoms with E-state index in [1.54, 1.807) is 29.6 Å². The number of nitrogens with one attached hydrogen (secondary N) is 1. The number of terminal acetylenes is 1. The van der Waals surface area contributed by atoms with Crippen LogP contribution >= 0.6 is 11.3 Å². The van der Waals surface area contributed by atoms with Crippen LogP contribution in [0.2, 0.25) is 0 Å². The zero-order chi connectivity index (χ0) is 15.2. The van der Waals surface area contributed by atoms with Crippen molar-refractivity contribution in [2.75, 3.05) is 5.32 Å². The average Bonchev–Trinajstić information content (AvgIpc) is 2.95. The maximum absolute atomic E-state index is 11.9. The van der Waals surface area contributed by atoms with Gasteiger partial charge in [0.25, 0.3) is 5.91 Å². The average molecular weight is 294 g/mol. The SMILES string of the molecule is C#Cc1nc(NC(=O)C(N)=Cc2ccccc2C#N)cs1. The maximum Gasteiger partial charge on any atom is 0.272 e. The quantitative estimate of drug-likeness (QED) is 0.668. The standard InChI is InChI=1S/C15H10N4OS/c1-2-14-18-13(9-21-14)19-15(20)12(17)7-10-5-3-4-6-11(10)8-16/h1,3-7,9H,17H2,(H,19,20). The van der Waals surface area contributed by atoms with E-state index < -0.39 is 5.91 Å². The third kappa shape index (κ3) is 3.47. The van der Waals surface area contributed by atoms with E-state index in [1.807, 2.05) is 6.07 Å². The number of nitrogens with zero attached hydrogens (tertiary/aromatic N) is 2. The van der Waals surface area contributed by atoms with Crippen LogP contribution in [0, 0.1) is 23.7 Å². The minimum atomic E-state index is -0.503. The van der Waals surface area contributed by atoms with E-state index in [1.165, 1.54) is 17.4 Å². The molecule has 0 saturated heterocycles. The minimum absolute atomic E-state index is 0.0204. The number of hydrogen-bond acceptors (Lipinski definition) is 5. The first-order valence-electron chi connectivity index (χ1n) is 5.84. The first-order valence-corrected chi connectivity index (χ1v) is 6.72. The highest BCUT2D eigenvalue weighted by molar-refractivity contribution is 7.10. The van der Waals surface area contributed by atoms with Gasteiger partial charge in [-0.25, -0.2) is 4.98 Å². The fourth-order valence-electron chi connectivity index (χ4n) is 1.54. The lowest BCUT2D eigenvalue weighted by Crippen LogP contribution is -2.20. The number of thiazole rings is 1. The molecule has 0 aliphatic carbocycles. The van der Waals surface area contributed by atoms with Crippen LogP contribution in [-0.2, 0) is 4.79 Å². The number of nitriles is 1. The maximum atomic E-state index is 11.9. The molecule has 0 atom stereocenters. The molecular weight excluding hydrogens is 284 g/mol. The third-order valence-electron chi connectivity index (χ3n) is 2.52. The lowest BCUT2D eigenvalue weighted by Gasteiger charge is -2.03. The predicted molar refractivity (Wildman–Crippen MR) is 82.0 cm³/mol. The van der Waals surface area contributed by atoms with Crippen molar-refractivity contribution in [2.24, 2.45) is 5.73 Å². The molecule has 0 radical (unpaired) electrons. The number of nitrogens with two attached hydrogens (primary N) is 1.